The highest BCUT2D eigenvalue weighted by Crippen LogP contribution is 2.33. The maximum absolute atomic E-state index is 14.3. The molecule has 1 fully saturated rings. The van der Waals surface area contributed by atoms with E-state index in [1.54, 1.807) is 47.4 Å². The topological polar surface area (TPSA) is 61.9 Å². The van der Waals surface area contributed by atoms with Gasteiger partial charge in [-0.3, -0.25) is 14.5 Å². The van der Waals surface area contributed by atoms with Crippen molar-refractivity contribution in [2.24, 2.45) is 0 Å². The summed E-state index contributed by atoms with van der Waals surface area (Å²) in [4.78, 5) is 29.6. The van der Waals surface area contributed by atoms with Gasteiger partial charge in [0.1, 0.15) is 24.0 Å². The molecule has 0 aromatic heterocycles. The summed E-state index contributed by atoms with van der Waals surface area (Å²) in [6.07, 6.45) is 0. The molecule has 5 rings (SSSR count). The van der Waals surface area contributed by atoms with Crippen LogP contribution in [0, 0.1) is 11.6 Å². The number of hydrogen-bond acceptors (Lipinski definition) is 4. The molecule has 1 N–H and O–H groups in total. The average molecular weight is 498 g/mol. The fraction of sp³-hybridized carbons (Fsp3) is 0.231. The number of rotatable bonds is 2. The fourth-order valence-electron chi connectivity index (χ4n) is 4.45. The van der Waals surface area contributed by atoms with Crippen LogP contribution >= 0.6 is 11.6 Å². The average Bonchev–Trinajstić information content (AvgIpc) is 2.89. The molecule has 180 valence electrons. The van der Waals surface area contributed by atoms with E-state index < -0.39 is 11.6 Å². The van der Waals surface area contributed by atoms with E-state index in [1.807, 2.05) is 4.90 Å². The lowest BCUT2D eigenvalue weighted by atomic mass is 10.0. The van der Waals surface area contributed by atoms with Crippen molar-refractivity contribution in [3.8, 4) is 16.9 Å². The Morgan fingerprint density at radius 2 is 1.91 bits per heavy atom. The first kappa shape index (κ1) is 23.3. The normalized spacial score (nSPS) is 18.3. The van der Waals surface area contributed by atoms with Gasteiger partial charge in [0.25, 0.3) is 5.91 Å². The molecule has 2 amide bonds. The summed E-state index contributed by atoms with van der Waals surface area (Å²) >= 11 is 6.05. The summed E-state index contributed by atoms with van der Waals surface area (Å²) in [6.45, 7) is 1.76. The van der Waals surface area contributed by atoms with Gasteiger partial charge in [0.2, 0.25) is 5.91 Å². The Balaban J connectivity index is 1.37. The van der Waals surface area contributed by atoms with Gasteiger partial charge in [-0.2, -0.15) is 0 Å². The first-order chi connectivity index (χ1) is 16.9. The minimum atomic E-state index is -0.693. The van der Waals surface area contributed by atoms with Crippen LogP contribution in [0.5, 0.6) is 5.75 Å². The highest BCUT2D eigenvalue weighted by molar-refractivity contribution is 6.30. The Bertz CT molecular complexity index is 1300. The number of nitrogens with one attached hydrogen (secondary N) is 1. The molecule has 1 atom stereocenters. The molecule has 0 aliphatic carbocycles. The maximum atomic E-state index is 14.3. The molecule has 6 nitrogen and oxygen atoms in total. The van der Waals surface area contributed by atoms with E-state index in [-0.39, 0.29) is 36.6 Å². The van der Waals surface area contributed by atoms with Crippen LogP contribution < -0.4 is 10.1 Å². The summed E-state index contributed by atoms with van der Waals surface area (Å²) < 4.78 is 33.7. The molecule has 9 heteroatoms. The summed E-state index contributed by atoms with van der Waals surface area (Å²) in [7, 11) is 0. The number of halogens is 3. The SMILES string of the molecule is O=C1CN2CCN(C(=O)c3cccc(Cl)c3)C[C@@H]2COc2ccc(-c3ccc(F)cc3F)cc2N1. The van der Waals surface area contributed by atoms with Crippen LogP contribution in [0.15, 0.2) is 60.7 Å². The van der Waals surface area contributed by atoms with E-state index in [1.165, 1.54) is 12.1 Å². The van der Waals surface area contributed by atoms with E-state index in [4.69, 9.17) is 16.3 Å². The van der Waals surface area contributed by atoms with Crippen molar-refractivity contribution >= 4 is 29.1 Å². The predicted octanol–water partition coefficient (Wildman–Crippen LogP) is 4.44. The van der Waals surface area contributed by atoms with Crippen LogP contribution in [0.4, 0.5) is 14.5 Å². The van der Waals surface area contributed by atoms with Crippen molar-refractivity contribution in [3.63, 3.8) is 0 Å². The molecule has 0 spiro atoms. The molecule has 35 heavy (non-hydrogen) atoms. The highest BCUT2D eigenvalue weighted by Gasteiger charge is 2.33. The largest absolute Gasteiger partial charge is 0.490 e. The second kappa shape index (κ2) is 9.64. The van der Waals surface area contributed by atoms with E-state index in [0.29, 0.717) is 47.2 Å². The quantitative estimate of drug-likeness (QED) is 0.568. The van der Waals surface area contributed by atoms with Crippen LogP contribution in [-0.2, 0) is 4.79 Å². The number of anilines is 1. The number of benzene rings is 3. The molecular formula is C26H22ClF2N3O3. The van der Waals surface area contributed by atoms with Gasteiger partial charge in [-0.1, -0.05) is 23.7 Å². The fourth-order valence-corrected chi connectivity index (χ4v) is 4.64. The molecule has 3 aromatic rings. The molecular weight excluding hydrogens is 476 g/mol. The third-order valence-corrected chi connectivity index (χ3v) is 6.47. The lowest BCUT2D eigenvalue weighted by Gasteiger charge is -2.40. The monoisotopic (exact) mass is 497 g/mol. The first-order valence-electron chi connectivity index (χ1n) is 11.2. The number of carbonyl (C=O) groups is 2. The van der Waals surface area contributed by atoms with Crippen LogP contribution in [-0.4, -0.2) is 60.4 Å². The second-order valence-corrected chi connectivity index (χ2v) is 9.02. The van der Waals surface area contributed by atoms with E-state index in [2.05, 4.69) is 5.32 Å². The van der Waals surface area contributed by atoms with Crippen LogP contribution in [0.3, 0.4) is 0 Å². The van der Waals surface area contributed by atoms with Gasteiger partial charge >= 0.3 is 0 Å². The number of carbonyl (C=O) groups excluding carboxylic acids is 2. The summed E-state index contributed by atoms with van der Waals surface area (Å²) in [6, 6.07) is 14.9. The third kappa shape index (κ3) is 4.99. The Morgan fingerprint density at radius 1 is 1.06 bits per heavy atom. The third-order valence-electron chi connectivity index (χ3n) is 6.24. The number of amides is 2. The minimum Gasteiger partial charge on any atom is -0.490 e. The lowest BCUT2D eigenvalue weighted by molar-refractivity contribution is -0.118. The van der Waals surface area contributed by atoms with Crippen molar-refractivity contribution in [1.29, 1.82) is 0 Å². The summed E-state index contributed by atoms with van der Waals surface area (Å²) in [5.74, 6) is -1.28. The number of hydrogen-bond donors (Lipinski definition) is 1. The van der Waals surface area contributed by atoms with E-state index in [9.17, 15) is 18.4 Å². The number of fused-ring (bicyclic) bond motifs is 2. The van der Waals surface area contributed by atoms with Gasteiger partial charge in [0.05, 0.1) is 18.3 Å². The second-order valence-electron chi connectivity index (χ2n) is 8.58. The Kier molecular flexibility index (Phi) is 6.40. The van der Waals surface area contributed by atoms with Crippen LogP contribution in [0.1, 0.15) is 10.4 Å². The zero-order valence-corrected chi connectivity index (χ0v) is 19.4. The molecule has 2 aliphatic heterocycles. The first-order valence-corrected chi connectivity index (χ1v) is 11.6. The molecule has 0 saturated carbocycles. The number of piperazine rings is 1. The highest BCUT2D eigenvalue weighted by atomic mass is 35.5. The maximum Gasteiger partial charge on any atom is 0.254 e. The van der Waals surface area contributed by atoms with Crippen molar-refractivity contribution in [2.45, 2.75) is 6.04 Å². The van der Waals surface area contributed by atoms with Crippen molar-refractivity contribution < 1.29 is 23.1 Å². The standard InChI is InChI=1S/C26H22ClF2N3O3/c27-18-3-1-2-17(10-18)26(34)32-9-8-31-14-25(33)30-23-11-16(21-6-5-19(28)12-22(21)29)4-7-24(23)35-15-20(31)13-32/h1-7,10-12,20H,8-9,13-15H2,(H,30,33)/t20-/m1/s1. The summed E-state index contributed by atoms with van der Waals surface area (Å²) in [5.41, 5.74) is 1.62. The van der Waals surface area contributed by atoms with Gasteiger partial charge in [0, 0.05) is 41.9 Å². The van der Waals surface area contributed by atoms with Gasteiger partial charge in [0.15, 0.2) is 0 Å². The molecule has 3 aromatic carbocycles. The summed E-state index contributed by atoms with van der Waals surface area (Å²) in [5, 5.41) is 3.34. The van der Waals surface area contributed by atoms with Crippen LogP contribution in [0.2, 0.25) is 5.02 Å². The van der Waals surface area contributed by atoms with Crippen molar-refractivity contribution in [2.75, 3.05) is 38.1 Å². The van der Waals surface area contributed by atoms with Gasteiger partial charge in [-0.15, -0.1) is 0 Å². The lowest BCUT2D eigenvalue weighted by Crippen LogP contribution is -2.57. The van der Waals surface area contributed by atoms with Crippen molar-refractivity contribution in [1.82, 2.24) is 9.80 Å². The van der Waals surface area contributed by atoms with Gasteiger partial charge in [-0.25, -0.2) is 8.78 Å². The van der Waals surface area contributed by atoms with Gasteiger partial charge in [-0.05, 0) is 48.0 Å². The molecule has 0 bridgehead atoms. The molecule has 2 heterocycles. The zero-order valence-electron chi connectivity index (χ0n) is 18.6. The molecule has 2 aliphatic rings. The van der Waals surface area contributed by atoms with Crippen LogP contribution in [0.25, 0.3) is 11.1 Å². The van der Waals surface area contributed by atoms with E-state index in [0.717, 1.165) is 6.07 Å². The smallest absolute Gasteiger partial charge is 0.254 e. The molecule has 0 radical (unpaired) electrons. The number of ether oxygens (including phenoxy) is 1. The Labute approximate surface area is 206 Å². The molecule has 1 saturated heterocycles. The van der Waals surface area contributed by atoms with E-state index >= 15 is 0 Å². The van der Waals surface area contributed by atoms with Crippen molar-refractivity contribution in [3.05, 3.63) is 82.9 Å². The molecule has 0 unspecified atom stereocenters. The Morgan fingerprint density at radius 3 is 2.71 bits per heavy atom. The van der Waals surface area contributed by atoms with Gasteiger partial charge < -0.3 is 15.0 Å². The zero-order chi connectivity index (χ0) is 24.5. The minimum absolute atomic E-state index is 0.122. The predicted molar refractivity (Wildman–Crippen MR) is 129 cm³/mol. The number of nitrogens with zero attached hydrogens (tertiary/aromatic N) is 2. The Hall–Kier alpha value is -3.49.